The summed E-state index contributed by atoms with van der Waals surface area (Å²) in [5.41, 5.74) is 5.62. The van der Waals surface area contributed by atoms with E-state index in [1.165, 1.54) is 6.07 Å². The Bertz CT molecular complexity index is 659. The minimum atomic E-state index is -1.37. The SMILES string of the molecule is NC(CCCCB(O)O)(C(=O)O)C1CC(NCCCc2ccc(F)c(F)c2)C1. The molecule has 0 radical (unpaired) electrons. The van der Waals surface area contributed by atoms with E-state index in [0.717, 1.165) is 18.1 Å². The lowest BCUT2D eigenvalue weighted by molar-refractivity contribution is -0.148. The lowest BCUT2D eigenvalue weighted by Gasteiger charge is -2.45. The van der Waals surface area contributed by atoms with Gasteiger partial charge in [-0.25, -0.2) is 8.78 Å². The molecule has 0 heterocycles. The van der Waals surface area contributed by atoms with Crippen molar-refractivity contribution in [3.05, 3.63) is 35.4 Å². The van der Waals surface area contributed by atoms with Crippen LogP contribution in [0.25, 0.3) is 0 Å². The highest BCUT2D eigenvalue weighted by atomic mass is 19.2. The van der Waals surface area contributed by atoms with Crippen molar-refractivity contribution in [1.82, 2.24) is 5.32 Å². The second-order valence-electron chi connectivity index (χ2n) is 7.74. The van der Waals surface area contributed by atoms with E-state index in [4.69, 9.17) is 15.8 Å². The molecule has 1 atom stereocenters. The van der Waals surface area contributed by atoms with Crippen molar-refractivity contribution >= 4 is 13.1 Å². The van der Waals surface area contributed by atoms with Crippen molar-refractivity contribution in [3.63, 3.8) is 0 Å². The Balaban J connectivity index is 1.68. The number of hydrogen-bond acceptors (Lipinski definition) is 5. The number of nitrogens with one attached hydrogen (secondary N) is 1. The standard InChI is InChI=1S/C19H29BF2N2O4/c21-16-6-5-13(10-17(16)22)4-3-9-24-15-11-14(12-15)19(23,18(25)26)7-1-2-8-20(27)28/h5-6,10,14-15,24,27-28H,1-4,7-9,11-12,23H2,(H,25,26). The van der Waals surface area contributed by atoms with E-state index >= 15 is 0 Å². The Kier molecular flexibility index (Phi) is 8.36. The second-order valence-corrected chi connectivity index (χ2v) is 7.74. The number of aryl methyl sites for hydroxylation is 1. The molecule has 0 amide bonds. The van der Waals surface area contributed by atoms with Crippen LogP contribution in [0.3, 0.4) is 0 Å². The summed E-state index contributed by atoms with van der Waals surface area (Å²) in [7, 11) is -1.37. The van der Waals surface area contributed by atoms with Gasteiger partial charge >= 0.3 is 13.1 Å². The summed E-state index contributed by atoms with van der Waals surface area (Å²) < 4.78 is 26.1. The molecule has 0 bridgehead atoms. The van der Waals surface area contributed by atoms with Gasteiger partial charge in [-0.3, -0.25) is 4.79 Å². The third kappa shape index (κ3) is 6.23. The van der Waals surface area contributed by atoms with E-state index in [0.29, 0.717) is 45.1 Å². The zero-order valence-corrected chi connectivity index (χ0v) is 15.9. The Morgan fingerprint density at radius 2 is 1.93 bits per heavy atom. The number of carbonyl (C=O) groups is 1. The number of aliphatic carboxylic acids is 1. The van der Waals surface area contributed by atoms with Gasteiger partial charge in [-0.05, 0) is 68.6 Å². The highest BCUT2D eigenvalue weighted by molar-refractivity contribution is 6.40. The smallest absolute Gasteiger partial charge is 0.451 e. The van der Waals surface area contributed by atoms with Gasteiger partial charge in [-0.1, -0.05) is 18.9 Å². The predicted molar refractivity (Wildman–Crippen MR) is 103 cm³/mol. The van der Waals surface area contributed by atoms with Crippen LogP contribution < -0.4 is 11.1 Å². The first-order valence-corrected chi connectivity index (χ1v) is 9.78. The molecule has 2 rings (SSSR count). The van der Waals surface area contributed by atoms with E-state index in [1.54, 1.807) is 6.07 Å². The van der Waals surface area contributed by atoms with Crippen LogP contribution in [-0.2, 0) is 11.2 Å². The van der Waals surface area contributed by atoms with Gasteiger partial charge in [0.2, 0.25) is 0 Å². The number of carboxylic acids is 1. The number of benzene rings is 1. The van der Waals surface area contributed by atoms with Crippen molar-refractivity contribution < 1.29 is 28.7 Å². The van der Waals surface area contributed by atoms with Crippen molar-refractivity contribution in [3.8, 4) is 0 Å². The third-order valence-corrected chi connectivity index (χ3v) is 5.63. The molecule has 0 spiro atoms. The molecule has 1 aromatic rings. The molecule has 6 N–H and O–H groups in total. The average molecular weight is 398 g/mol. The van der Waals surface area contributed by atoms with Crippen LogP contribution in [0, 0.1) is 17.6 Å². The van der Waals surface area contributed by atoms with Crippen LogP contribution >= 0.6 is 0 Å². The van der Waals surface area contributed by atoms with Gasteiger partial charge in [0.1, 0.15) is 5.54 Å². The van der Waals surface area contributed by atoms with Gasteiger partial charge in [0.25, 0.3) is 0 Å². The maximum absolute atomic E-state index is 13.2. The molecule has 1 saturated carbocycles. The molecule has 0 aromatic heterocycles. The number of nitrogens with two attached hydrogens (primary N) is 1. The van der Waals surface area contributed by atoms with Gasteiger partial charge in [-0.15, -0.1) is 0 Å². The molecule has 6 nitrogen and oxygen atoms in total. The zero-order chi connectivity index (χ0) is 20.7. The highest BCUT2D eigenvalue weighted by Crippen LogP contribution is 2.38. The first-order valence-electron chi connectivity index (χ1n) is 9.78. The molecule has 28 heavy (non-hydrogen) atoms. The quantitative estimate of drug-likeness (QED) is 0.270. The topological polar surface area (TPSA) is 116 Å². The van der Waals surface area contributed by atoms with Gasteiger partial charge in [0.15, 0.2) is 11.6 Å². The first-order chi connectivity index (χ1) is 13.2. The average Bonchev–Trinajstić information content (AvgIpc) is 2.59. The maximum Gasteiger partial charge on any atom is 0.451 e. The number of carboxylic acid groups (broad SMARTS) is 1. The van der Waals surface area contributed by atoms with Gasteiger partial charge < -0.3 is 26.2 Å². The molecule has 1 aromatic carbocycles. The van der Waals surface area contributed by atoms with Crippen LogP contribution in [0.5, 0.6) is 0 Å². The molecular formula is C19H29BF2N2O4. The van der Waals surface area contributed by atoms with E-state index < -0.39 is 30.3 Å². The fourth-order valence-electron chi connectivity index (χ4n) is 3.73. The third-order valence-electron chi connectivity index (χ3n) is 5.63. The molecule has 0 saturated heterocycles. The van der Waals surface area contributed by atoms with Crippen LogP contribution in [0.4, 0.5) is 8.78 Å². The molecular weight excluding hydrogens is 369 g/mol. The molecule has 1 aliphatic carbocycles. The Labute approximate surface area is 164 Å². The Morgan fingerprint density at radius 3 is 2.54 bits per heavy atom. The summed E-state index contributed by atoms with van der Waals surface area (Å²) in [4.78, 5) is 11.7. The Morgan fingerprint density at radius 1 is 1.21 bits per heavy atom. The molecule has 1 aliphatic rings. The van der Waals surface area contributed by atoms with E-state index in [2.05, 4.69) is 5.32 Å². The van der Waals surface area contributed by atoms with Crippen molar-refractivity contribution in [2.45, 2.75) is 62.8 Å². The van der Waals surface area contributed by atoms with Crippen molar-refractivity contribution in [1.29, 1.82) is 0 Å². The zero-order valence-electron chi connectivity index (χ0n) is 15.9. The van der Waals surface area contributed by atoms with Crippen LogP contribution in [0.2, 0.25) is 6.32 Å². The fraction of sp³-hybridized carbons (Fsp3) is 0.632. The normalized spacial score (nSPS) is 21.0. The summed E-state index contributed by atoms with van der Waals surface area (Å²) in [5.74, 6) is -2.82. The number of hydrogen-bond donors (Lipinski definition) is 5. The summed E-state index contributed by atoms with van der Waals surface area (Å²) in [5, 5.41) is 30.6. The molecule has 156 valence electrons. The first kappa shape index (κ1) is 22.7. The summed E-state index contributed by atoms with van der Waals surface area (Å²) in [6.07, 6.45) is 4.32. The summed E-state index contributed by atoms with van der Waals surface area (Å²) >= 11 is 0. The molecule has 9 heteroatoms. The molecule has 0 aliphatic heterocycles. The largest absolute Gasteiger partial charge is 0.480 e. The number of halogens is 2. The van der Waals surface area contributed by atoms with Gasteiger partial charge in [0.05, 0.1) is 0 Å². The minimum Gasteiger partial charge on any atom is -0.480 e. The number of rotatable bonds is 12. The van der Waals surface area contributed by atoms with Crippen LogP contribution in [0.15, 0.2) is 18.2 Å². The maximum atomic E-state index is 13.2. The molecule has 1 fully saturated rings. The van der Waals surface area contributed by atoms with Gasteiger partial charge in [-0.2, -0.15) is 0 Å². The van der Waals surface area contributed by atoms with Crippen molar-refractivity contribution in [2.24, 2.45) is 11.7 Å². The van der Waals surface area contributed by atoms with E-state index in [9.17, 15) is 18.7 Å². The van der Waals surface area contributed by atoms with Gasteiger partial charge in [0, 0.05) is 6.04 Å². The lowest BCUT2D eigenvalue weighted by Crippen LogP contribution is -2.61. The summed E-state index contributed by atoms with van der Waals surface area (Å²) in [6.45, 7) is 0.704. The van der Waals surface area contributed by atoms with Crippen LogP contribution in [-0.4, -0.2) is 46.4 Å². The van der Waals surface area contributed by atoms with E-state index in [1.807, 2.05) is 0 Å². The van der Waals surface area contributed by atoms with Crippen molar-refractivity contribution in [2.75, 3.05) is 6.54 Å². The minimum absolute atomic E-state index is 0.118. The Hall–Kier alpha value is -1.55. The monoisotopic (exact) mass is 398 g/mol. The molecule has 1 unspecified atom stereocenters. The van der Waals surface area contributed by atoms with E-state index in [-0.39, 0.29) is 18.3 Å². The number of unbranched alkanes of at least 4 members (excludes halogenated alkanes) is 1. The fourth-order valence-corrected chi connectivity index (χ4v) is 3.73. The van der Waals surface area contributed by atoms with Crippen LogP contribution in [0.1, 0.15) is 44.1 Å². The highest BCUT2D eigenvalue weighted by Gasteiger charge is 2.47. The predicted octanol–water partition coefficient (Wildman–Crippen LogP) is 1.69. The lowest BCUT2D eigenvalue weighted by atomic mass is 9.66. The summed E-state index contributed by atoms with van der Waals surface area (Å²) in [6, 6.07) is 4.11. The second kappa shape index (κ2) is 10.3.